The first kappa shape index (κ1) is 13.0. The second-order valence-electron chi connectivity index (χ2n) is 4.06. The molecule has 0 aliphatic rings. The van der Waals surface area contributed by atoms with Crippen molar-refractivity contribution in [2.75, 3.05) is 11.9 Å². The van der Waals surface area contributed by atoms with E-state index >= 15 is 0 Å². The Hall–Kier alpha value is -1.06. The van der Waals surface area contributed by atoms with Gasteiger partial charge < -0.3 is 11.1 Å². The summed E-state index contributed by atoms with van der Waals surface area (Å²) in [5.41, 5.74) is 7.18. The van der Waals surface area contributed by atoms with E-state index in [1.807, 2.05) is 26.0 Å². The van der Waals surface area contributed by atoms with Crippen LogP contribution in [0, 0.1) is 12.8 Å². The second-order valence-corrected chi connectivity index (χ2v) is 4.46. The molecular weight excluding hydrogens is 224 g/mol. The molecule has 0 radical (unpaired) electrons. The van der Waals surface area contributed by atoms with Gasteiger partial charge in [0.2, 0.25) is 5.91 Å². The van der Waals surface area contributed by atoms with Crippen molar-refractivity contribution >= 4 is 23.2 Å². The summed E-state index contributed by atoms with van der Waals surface area (Å²) in [6.45, 7) is 4.38. The number of carbonyl (C=O) groups is 1. The fraction of sp³-hybridized carbons (Fsp3) is 0.417. The molecule has 3 nitrogen and oxygen atoms in total. The Labute approximate surface area is 101 Å². The summed E-state index contributed by atoms with van der Waals surface area (Å²) in [7, 11) is 0. The predicted octanol–water partition coefficient (Wildman–Crippen LogP) is 2.57. The smallest absolute Gasteiger partial charge is 0.224 e. The van der Waals surface area contributed by atoms with Crippen LogP contribution in [0.4, 0.5) is 5.69 Å². The van der Waals surface area contributed by atoms with Gasteiger partial charge in [-0.2, -0.15) is 0 Å². The number of anilines is 1. The molecule has 1 atom stereocenters. The summed E-state index contributed by atoms with van der Waals surface area (Å²) in [4.78, 5) is 11.6. The maximum Gasteiger partial charge on any atom is 0.224 e. The number of nitrogens with two attached hydrogens (primary N) is 1. The summed E-state index contributed by atoms with van der Waals surface area (Å²) in [6, 6.07) is 5.47. The SMILES string of the molecule is Cc1ccc(NC(=O)CC(C)CN)cc1Cl. The minimum atomic E-state index is -0.0298. The third-order valence-electron chi connectivity index (χ3n) is 2.39. The van der Waals surface area contributed by atoms with Crippen LogP contribution in [0.5, 0.6) is 0 Å². The number of hydrogen-bond acceptors (Lipinski definition) is 2. The molecule has 88 valence electrons. The molecule has 1 unspecified atom stereocenters. The normalized spacial score (nSPS) is 12.2. The molecule has 1 rings (SSSR count). The summed E-state index contributed by atoms with van der Waals surface area (Å²) < 4.78 is 0. The van der Waals surface area contributed by atoms with E-state index in [9.17, 15) is 4.79 Å². The molecule has 0 fully saturated rings. The van der Waals surface area contributed by atoms with Crippen molar-refractivity contribution in [3.05, 3.63) is 28.8 Å². The van der Waals surface area contributed by atoms with Crippen molar-refractivity contribution in [3.8, 4) is 0 Å². The molecule has 1 aromatic carbocycles. The monoisotopic (exact) mass is 240 g/mol. The Kier molecular flexibility index (Phi) is 4.77. The fourth-order valence-electron chi connectivity index (χ4n) is 1.28. The van der Waals surface area contributed by atoms with E-state index in [-0.39, 0.29) is 11.8 Å². The second kappa shape index (κ2) is 5.87. The molecule has 0 saturated heterocycles. The van der Waals surface area contributed by atoms with E-state index in [2.05, 4.69) is 5.32 Å². The van der Waals surface area contributed by atoms with Gasteiger partial charge in [-0.05, 0) is 37.1 Å². The van der Waals surface area contributed by atoms with Crippen molar-refractivity contribution in [2.45, 2.75) is 20.3 Å². The third-order valence-corrected chi connectivity index (χ3v) is 2.80. The third kappa shape index (κ3) is 3.83. The van der Waals surface area contributed by atoms with Gasteiger partial charge in [-0.3, -0.25) is 4.79 Å². The Morgan fingerprint density at radius 1 is 1.56 bits per heavy atom. The lowest BCUT2D eigenvalue weighted by molar-refractivity contribution is -0.116. The Morgan fingerprint density at radius 2 is 2.25 bits per heavy atom. The van der Waals surface area contributed by atoms with E-state index in [1.165, 1.54) is 0 Å². The molecule has 16 heavy (non-hydrogen) atoms. The standard InChI is InChI=1S/C12H17ClN2O/c1-8(7-14)5-12(16)15-10-4-3-9(2)11(13)6-10/h3-4,6,8H,5,7,14H2,1-2H3,(H,15,16). The van der Waals surface area contributed by atoms with Crippen molar-refractivity contribution in [1.82, 2.24) is 0 Å². The highest BCUT2D eigenvalue weighted by Crippen LogP contribution is 2.20. The Bertz CT molecular complexity index is 379. The molecule has 0 aliphatic heterocycles. The molecule has 0 bridgehead atoms. The molecule has 0 aromatic heterocycles. The fourth-order valence-corrected chi connectivity index (χ4v) is 1.46. The van der Waals surface area contributed by atoms with Crippen molar-refractivity contribution in [1.29, 1.82) is 0 Å². The lowest BCUT2D eigenvalue weighted by atomic mass is 10.1. The number of amides is 1. The zero-order valence-corrected chi connectivity index (χ0v) is 10.3. The van der Waals surface area contributed by atoms with Crippen LogP contribution in [0.25, 0.3) is 0 Å². The Balaban J connectivity index is 2.59. The highest BCUT2D eigenvalue weighted by molar-refractivity contribution is 6.31. The molecule has 0 saturated carbocycles. The number of nitrogens with one attached hydrogen (secondary N) is 1. The van der Waals surface area contributed by atoms with Crippen molar-refractivity contribution in [2.24, 2.45) is 11.7 Å². The first-order valence-corrected chi connectivity index (χ1v) is 5.66. The molecule has 1 amide bonds. The molecular formula is C12H17ClN2O. The number of rotatable bonds is 4. The van der Waals surface area contributed by atoms with Crippen molar-refractivity contribution < 1.29 is 4.79 Å². The van der Waals surface area contributed by atoms with E-state index in [4.69, 9.17) is 17.3 Å². The first-order valence-electron chi connectivity index (χ1n) is 5.29. The van der Waals surface area contributed by atoms with E-state index < -0.39 is 0 Å². The zero-order valence-electron chi connectivity index (χ0n) is 9.59. The molecule has 0 aliphatic carbocycles. The highest BCUT2D eigenvalue weighted by atomic mass is 35.5. The van der Waals surface area contributed by atoms with Gasteiger partial charge in [0.05, 0.1) is 0 Å². The van der Waals surface area contributed by atoms with Crippen molar-refractivity contribution in [3.63, 3.8) is 0 Å². The van der Waals surface area contributed by atoms with Crippen LogP contribution >= 0.6 is 11.6 Å². The molecule has 3 N–H and O–H groups in total. The maximum absolute atomic E-state index is 11.6. The molecule has 0 spiro atoms. The van der Waals surface area contributed by atoms with E-state index in [0.29, 0.717) is 18.0 Å². The molecule has 4 heteroatoms. The molecule has 0 heterocycles. The average molecular weight is 241 g/mol. The summed E-state index contributed by atoms with van der Waals surface area (Å²) in [6.07, 6.45) is 0.433. The summed E-state index contributed by atoms with van der Waals surface area (Å²) in [5.74, 6) is 0.166. The van der Waals surface area contributed by atoms with Gasteiger partial charge in [-0.1, -0.05) is 24.6 Å². The lowest BCUT2D eigenvalue weighted by Crippen LogP contribution is -2.20. The zero-order chi connectivity index (χ0) is 12.1. The van der Waals surface area contributed by atoms with Crippen LogP contribution in [-0.2, 0) is 4.79 Å². The van der Waals surface area contributed by atoms with Crippen LogP contribution in [0.1, 0.15) is 18.9 Å². The highest BCUT2D eigenvalue weighted by Gasteiger charge is 2.08. The van der Waals surface area contributed by atoms with Gasteiger partial charge in [-0.15, -0.1) is 0 Å². The number of benzene rings is 1. The summed E-state index contributed by atoms with van der Waals surface area (Å²) >= 11 is 5.96. The van der Waals surface area contributed by atoms with Crippen LogP contribution in [0.3, 0.4) is 0 Å². The maximum atomic E-state index is 11.6. The topological polar surface area (TPSA) is 55.1 Å². The average Bonchev–Trinajstić information content (AvgIpc) is 2.23. The number of halogens is 1. The Morgan fingerprint density at radius 3 is 2.81 bits per heavy atom. The van der Waals surface area contributed by atoms with Crippen LogP contribution in [0.2, 0.25) is 5.02 Å². The van der Waals surface area contributed by atoms with Gasteiger partial charge in [0.1, 0.15) is 0 Å². The van der Waals surface area contributed by atoms with Gasteiger partial charge in [0.25, 0.3) is 0 Å². The quantitative estimate of drug-likeness (QED) is 0.850. The largest absolute Gasteiger partial charge is 0.330 e. The number of carbonyl (C=O) groups excluding carboxylic acids is 1. The van der Waals surface area contributed by atoms with Gasteiger partial charge in [0.15, 0.2) is 0 Å². The first-order chi connectivity index (χ1) is 7.52. The lowest BCUT2D eigenvalue weighted by Gasteiger charge is -2.09. The van der Waals surface area contributed by atoms with E-state index in [0.717, 1.165) is 11.3 Å². The van der Waals surface area contributed by atoms with Gasteiger partial charge >= 0.3 is 0 Å². The van der Waals surface area contributed by atoms with Crippen LogP contribution < -0.4 is 11.1 Å². The number of aryl methyl sites for hydroxylation is 1. The predicted molar refractivity (Wildman–Crippen MR) is 67.7 cm³/mol. The van der Waals surface area contributed by atoms with Crippen LogP contribution in [-0.4, -0.2) is 12.5 Å². The number of hydrogen-bond donors (Lipinski definition) is 2. The minimum Gasteiger partial charge on any atom is -0.330 e. The van der Waals surface area contributed by atoms with Crippen LogP contribution in [0.15, 0.2) is 18.2 Å². The van der Waals surface area contributed by atoms with Gasteiger partial charge in [-0.25, -0.2) is 0 Å². The molecule has 1 aromatic rings. The van der Waals surface area contributed by atoms with E-state index in [1.54, 1.807) is 6.07 Å². The minimum absolute atomic E-state index is 0.0298. The van der Waals surface area contributed by atoms with Gasteiger partial charge in [0, 0.05) is 17.1 Å². The summed E-state index contributed by atoms with van der Waals surface area (Å²) in [5, 5.41) is 3.45.